The van der Waals surface area contributed by atoms with Crippen molar-refractivity contribution in [1.82, 2.24) is 10.2 Å². The highest BCUT2D eigenvalue weighted by molar-refractivity contribution is 5.86. The lowest BCUT2D eigenvalue weighted by Crippen LogP contribution is -2.10. The molecule has 0 aliphatic heterocycles. The third-order valence-electron chi connectivity index (χ3n) is 3.75. The van der Waals surface area contributed by atoms with Crippen LogP contribution in [0.2, 0.25) is 0 Å². The smallest absolute Gasteiger partial charge is 0.272 e. The molecule has 0 unspecified atom stereocenters. The first kappa shape index (κ1) is 16.1. The van der Waals surface area contributed by atoms with Crippen molar-refractivity contribution in [3.8, 4) is 5.75 Å². The van der Waals surface area contributed by atoms with E-state index in [1.54, 1.807) is 0 Å². The van der Waals surface area contributed by atoms with E-state index in [0.717, 1.165) is 28.1 Å². The van der Waals surface area contributed by atoms with Crippen molar-refractivity contribution < 1.29 is 4.74 Å². The Bertz CT molecular complexity index is 916. The van der Waals surface area contributed by atoms with E-state index in [9.17, 15) is 4.79 Å². The standard InChI is InChI=1S/C19H21N3O2/c1-12(2)24-16-6-4-5-14(9-16)11-20-15-7-8-17-18(10-15)13(3)21-22-19(17)23/h4-10,12,20H,11H2,1-3H3,(H,22,23). The molecule has 2 N–H and O–H groups in total. The summed E-state index contributed by atoms with van der Waals surface area (Å²) in [6, 6.07) is 13.7. The van der Waals surface area contributed by atoms with E-state index in [2.05, 4.69) is 21.6 Å². The molecule has 24 heavy (non-hydrogen) atoms. The minimum absolute atomic E-state index is 0.155. The topological polar surface area (TPSA) is 67.0 Å². The van der Waals surface area contributed by atoms with Crippen LogP contribution in [0.25, 0.3) is 10.8 Å². The molecule has 1 heterocycles. The van der Waals surface area contributed by atoms with Gasteiger partial charge in [-0.05, 0) is 56.7 Å². The van der Waals surface area contributed by atoms with Gasteiger partial charge < -0.3 is 10.1 Å². The number of benzene rings is 2. The second-order valence-corrected chi connectivity index (χ2v) is 6.07. The second-order valence-electron chi connectivity index (χ2n) is 6.07. The Balaban J connectivity index is 1.79. The van der Waals surface area contributed by atoms with Crippen LogP contribution in [0.3, 0.4) is 0 Å². The van der Waals surface area contributed by atoms with E-state index in [1.807, 2.05) is 57.2 Å². The predicted molar refractivity (Wildman–Crippen MR) is 96.6 cm³/mol. The quantitative estimate of drug-likeness (QED) is 0.752. The maximum absolute atomic E-state index is 11.8. The molecule has 0 amide bonds. The van der Waals surface area contributed by atoms with Gasteiger partial charge in [0, 0.05) is 17.6 Å². The van der Waals surface area contributed by atoms with Crippen LogP contribution in [0.4, 0.5) is 5.69 Å². The first-order valence-electron chi connectivity index (χ1n) is 8.01. The van der Waals surface area contributed by atoms with Crippen LogP contribution in [0.15, 0.2) is 47.3 Å². The van der Waals surface area contributed by atoms with Crippen LogP contribution < -0.4 is 15.6 Å². The average molecular weight is 323 g/mol. The predicted octanol–water partition coefficient (Wildman–Crippen LogP) is 3.63. The fourth-order valence-electron chi connectivity index (χ4n) is 2.61. The Morgan fingerprint density at radius 1 is 1.17 bits per heavy atom. The summed E-state index contributed by atoms with van der Waals surface area (Å²) in [5, 5.41) is 11.4. The monoisotopic (exact) mass is 323 g/mol. The highest BCUT2D eigenvalue weighted by atomic mass is 16.5. The Morgan fingerprint density at radius 3 is 2.79 bits per heavy atom. The molecule has 3 rings (SSSR count). The molecule has 5 heteroatoms. The molecule has 3 aromatic rings. The molecule has 0 spiro atoms. The number of aryl methyl sites for hydroxylation is 1. The van der Waals surface area contributed by atoms with E-state index in [-0.39, 0.29) is 11.7 Å². The number of nitrogens with zero attached hydrogens (tertiary/aromatic N) is 1. The zero-order valence-corrected chi connectivity index (χ0v) is 14.1. The van der Waals surface area contributed by atoms with E-state index in [0.29, 0.717) is 11.9 Å². The van der Waals surface area contributed by atoms with Gasteiger partial charge in [-0.1, -0.05) is 12.1 Å². The Kier molecular flexibility index (Phi) is 4.51. The Morgan fingerprint density at radius 2 is 2.00 bits per heavy atom. The lowest BCUT2D eigenvalue weighted by atomic mass is 10.1. The van der Waals surface area contributed by atoms with Crippen LogP contribution in [0.1, 0.15) is 25.1 Å². The molecule has 0 radical (unpaired) electrons. The zero-order valence-electron chi connectivity index (χ0n) is 14.1. The largest absolute Gasteiger partial charge is 0.491 e. The molecule has 0 atom stereocenters. The minimum atomic E-state index is -0.166. The maximum Gasteiger partial charge on any atom is 0.272 e. The first-order chi connectivity index (χ1) is 11.5. The van der Waals surface area contributed by atoms with Crippen molar-refractivity contribution in [3.05, 3.63) is 64.1 Å². The van der Waals surface area contributed by atoms with E-state index >= 15 is 0 Å². The summed E-state index contributed by atoms with van der Waals surface area (Å²) in [4.78, 5) is 11.8. The number of fused-ring (bicyclic) bond motifs is 1. The van der Waals surface area contributed by atoms with Crippen LogP contribution in [0, 0.1) is 6.92 Å². The summed E-state index contributed by atoms with van der Waals surface area (Å²) in [5.74, 6) is 0.870. The van der Waals surface area contributed by atoms with Gasteiger partial charge in [0.1, 0.15) is 5.75 Å². The van der Waals surface area contributed by atoms with Gasteiger partial charge in [-0.25, -0.2) is 5.10 Å². The minimum Gasteiger partial charge on any atom is -0.491 e. The van der Waals surface area contributed by atoms with Gasteiger partial charge in [-0.15, -0.1) is 0 Å². The van der Waals surface area contributed by atoms with E-state index < -0.39 is 0 Å². The third kappa shape index (κ3) is 3.56. The fourth-order valence-corrected chi connectivity index (χ4v) is 2.61. The summed E-state index contributed by atoms with van der Waals surface area (Å²) in [6.07, 6.45) is 0.155. The van der Waals surface area contributed by atoms with Crippen molar-refractivity contribution in [2.45, 2.75) is 33.4 Å². The molecule has 0 fully saturated rings. The van der Waals surface area contributed by atoms with Gasteiger partial charge in [-0.2, -0.15) is 5.10 Å². The van der Waals surface area contributed by atoms with Crippen molar-refractivity contribution in [3.63, 3.8) is 0 Å². The van der Waals surface area contributed by atoms with E-state index in [1.165, 1.54) is 0 Å². The number of aromatic amines is 1. The van der Waals surface area contributed by atoms with Crippen LogP contribution in [0.5, 0.6) is 5.75 Å². The van der Waals surface area contributed by atoms with Crippen LogP contribution >= 0.6 is 0 Å². The maximum atomic E-state index is 11.8. The first-order valence-corrected chi connectivity index (χ1v) is 8.01. The molecular formula is C19H21N3O2. The van der Waals surface area contributed by atoms with Gasteiger partial charge in [-0.3, -0.25) is 4.79 Å². The highest BCUT2D eigenvalue weighted by Crippen LogP contribution is 2.20. The molecule has 0 bridgehead atoms. The summed E-state index contributed by atoms with van der Waals surface area (Å²) in [7, 11) is 0. The van der Waals surface area contributed by atoms with Crippen molar-refractivity contribution in [1.29, 1.82) is 0 Å². The highest BCUT2D eigenvalue weighted by Gasteiger charge is 2.05. The molecule has 0 aliphatic rings. The second kappa shape index (κ2) is 6.74. The molecule has 0 saturated carbocycles. The Labute approximate surface area is 140 Å². The number of anilines is 1. The average Bonchev–Trinajstić information content (AvgIpc) is 2.56. The number of nitrogens with one attached hydrogen (secondary N) is 2. The van der Waals surface area contributed by atoms with Crippen LogP contribution in [-0.4, -0.2) is 16.3 Å². The van der Waals surface area contributed by atoms with Gasteiger partial charge in [0.2, 0.25) is 0 Å². The SMILES string of the molecule is Cc1n[nH]c(=O)c2ccc(NCc3cccc(OC(C)C)c3)cc12. The zero-order chi connectivity index (χ0) is 17.1. The van der Waals surface area contributed by atoms with Gasteiger partial charge in [0.05, 0.1) is 17.2 Å². The number of rotatable bonds is 5. The van der Waals surface area contributed by atoms with E-state index in [4.69, 9.17) is 4.74 Å². The molecule has 5 nitrogen and oxygen atoms in total. The van der Waals surface area contributed by atoms with Gasteiger partial charge >= 0.3 is 0 Å². The van der Waals surface area contributed by atoms with Gasteiger partial charge in [0.25, 0.3) is 5.56 Å². The lowest BCUT2D eigenvalue weighted by molar-refractivity contribution is 0.242. The number of H-pyrrole nitrogens is 1. The third-order valence-corrected chi connectivity index (χ3v) is 3.75. The molecule has 2 aromatic carbocycles. The normalized spacial score (nSPS) is 11.0. The summed E-state index contributed by atoms with van der Waals surface area (Å²) in [5.41, 5.74) is 2.73. The summed E-state index contributed by atoms with van der Waals surface area (Å²) >= 11 is 0. The lowest BCUT2D eigenvalue weighted by Gasteiger charge is -2.12. The number of ether oxygens (including phenoxy) is 1. The summed E-state index contributed by atoms with van der Waals surface area (Å²) in [6.45, 7) is 6.58. The van der Waals surface area contributed by atoms with Gasteiger partial charge in [0.15, 0.2) is 0 Å². The Hall–Kier alpha value is -2.82. The summed E-state index contributed by atoms with van der Waals surface area (Å²) < 4.78 is 5.72. The van der Waals surface area contributed by atoms with Crippen molar-refractivity contribution in [2.75, 3.05) is 5.32 Å². The molecular weight excluding hydrogens is 302 g/mol. The fraction of sp³-hybridized carbons (Fsp3) is 0.263. The molecule has 1 aromatic heterocycles. The molecule has 0 aliphatic carbocycles. The van der Waals surface area contributed by atoms with Crippen molar-refractivity contribution >= 4 is 16.5 Å². The van der Waals surface area contributed by atoms with Crippen molar-refractivity contribution in [2.24, 2.45) is 0 Å². The molecule has 0 saturated heterocycles. The number of hydrogen-bond donors (Lipinski definition) is 2. The van der Waals surface area contributed by atoms with Crippen LogP contribution in [-0.2, 0) is 6.54 Å². The number of hydrogen-bond acceptors (Lipinski definition) is 4. The number of aromatic nitrogens is 2. The molecule has 124 valence electrons.